The van der Waals surface area contributed by atoms with E-state index in [2.05, 4.69) is 25.7 Å². The van der Waals surface area contributed by atoms with Gasteiger partial charge >= 0.3 is 0 Å². The Labute approximate surface area is 202 Å². The van der Waals surface area contributed by atoms with Crippen molar-refractivity contribution in [1.29, 1.82) is 0 Å². The molecular weight excluding hydrogens is 445 g/mol. The van der Waals surface area contributed by atoms with Crippen LogP contribution in [0.1, 0.15) is 29.3 Å². The highest BCUT2D eigenvalue weighted by Gasteiger charge is 2.25. The zero-order valence-corrected chi connectivity index (χ0v) is 19.7. The first kappa shape index (κ1) is 21.7. The second kappa shape index (κ2) is 8.42. The Bertz CT molecular complexity index is 1460. The summed E-state index contributed by atoms with van der Waals surface area (Å²) in [6.45, 7) is 0.894. The first-order valence-electron chi connectivity index (χ1n) is 11.8. The summed E-state index contributed by atoms with van der Waals surface area (Å²) < 4.78 is 16.9. The summed E-state index contributed by atoms with van der Waals surface area (Å²) in [4.78, 5) is 22.7. The second-order valence-corrected chi connectivity index (χ2v) is 9.25. The number of benzene rings is 1. The highest BCUT2D eigenvalue weighted by atomic mass is 19.1. The Morgan fingerprint density at radius 2 is 1.91 bits per heavy atom. The van der Waals surface area contributed by atoms with Crippen molar-refractivity contribution in [2.75, 3.05) is 26.0 Å². The van der Waals surface area contributed by atoms with Crippen molar-refractivity contribution in [3.8, 4) is 11.1 Å². The number of nitrogens with zero attached hydrogens (tertiary/aromatic N) is 5. The van der Waals surface area contributed by atoms with Gasteiger partial charge in [-0.2, -0.15) is 5.10 Å². The van der Waals surface area contributed by atoms with Crippen molar-refractivity contribution in [3.05, 3.63) is 65.5 Å². The molecule has 3 aromatic heterocycles. The highest BCUT2D eigenvalue weighted by molar-refractivity contribution is 5.89. The van der Waals surface area contributed by atoms with Gasteiger partial charge in [-0.05, 0) is 54.6 Å². The highest BCUT2D eigenvalue weighted by Crippen LogP contribution is 2.38. The van der Waals surface area contributed by atoms with Crippen LogP contribution in [0.15, 0.2) is 42.9 Å². The average Bonchev–Trinajstić information content (AvgIpc) is 3.42. The van der Waals surface area contributed by atoms with Crippen LogP contribution in [0.4, 0.5) is 16.0 Å². The summed E-state index contributed by atoms with van der Waals surface area (Å²) in [6, 6.07) is 7.51. The van der Waals surface area contributed by atoms with E-state index in [1.165, 1.54) is 6.07 Å². The maximum Gasteiger partial charge on any atom is 0.244 e. The summed E-state index contributed by atoms with van der Waals surface area (Å²) in [5.74, 6) is 1.00. The molecule has 6 rings (SSSR count). The third-order valence-electron chi connectivity index (χ3n) is 7.13. The number of likely N-dealkylation sites (N-methyl/N-ethyl adjacent to an activating group) is 1. The predicted molar refractivity (Wildman–Crippen MR) is 132 cm³/mol. The van der Waals surface area contributed by atoms with E-state index in [0.717, 1.165) is 52.4 Å². The van der Waals surface area contributed by atoms with Crippen molar-refractivity contribution in [3.63, 3.8) is 0 Å². The molecule has 0 bridgehead atoms. The number of hydrogen-bond donors (Lipinski definition) is 2. The summed E-state index contributed by atoms with van der Waals surface area (Å²) in [5.41, 5.74) is 4.70. The van der Waals surface area contributed by atoms with Gasteiger partial charge in [0.25, 0.3) is 0 Å². The largest absolute Gasteiger partial charge is 0.344 e. The topological polar surface area (TPSA) is 88.0 Å². The van der Waals surface area contributed by atoms with E-state index in [9.17, 15) is 4.79 Å². The molecule has 0 saturated carbocycles. The predicted octanol–water partition coefficient (Wildman–Crippen LogP) is 3.60. The number of aromatic nitrogens is 4. The number of nitrogens with one attached hydrogen (secondary N) is 2. The molecule has 1 aliphatic heterocycles. The van der Waals surface area contributed by atoms with Gasteiger partial charge in [-0.15, -0.1) is 0 Å². The van der Waals surface area contributed by atoms with Gasteiger partial charge in [0, 0.05) is 72.9 Å². The molecule has 0 radical (unpaired) electrons. The van der Waals surface area contributed by atoms with E-state index in [1.54, 1.807) is 22.0 Å². The van der Waals surface area contributed by atoms with Gasteiger partial charge in [-0.3, -0.25) is 14.5 Å². The molecule has 0 saturated heterocycles. The number of rotatable bonds is 4. The summed E-state index contributed by atoms with van der Waals surface area (Å²) in [7, 11) is 3.75. The van der Waals surface area contributed by atoms with Gasteiger partial charge in [-0.25, -0.2) is 9.37 Å². The van der Waals surface area contributed by atoms with Gasteiger partial charge < -0.3 is 15.5 Å². The first-order chi connectivity index (χ1) is 17.0. The molecule has 35 heavy (non-hydrogen) atoms. The Kier molecular flexibility index (Phi) is 5.21. The smallest absolute Gasteiger partial charge is 0.244 e. The minimum atomic E-state index is -0.282. The van der Waals surface area contributed by atoms with Crippen LogP contribution >= 0.6 is 0 Å². The van der Waals surface area contributed by atoms with Crippen LogP contribution in [0, 0.1) is 5.82 Å². The van der Waals surface area contributed by atoms with Crippen LogP contribution in [0.25, 0.3) is 21.9 Å². The molecule has 9 heteroatoms. The third-order valence-corrected chi connectivity index (χ3v) is 7.13. The fraction of sp³-hybridized carbons (Fsp3) is 0.308. The number of halogens is 1. The number of hydrogen-bond acceptors (Lipinski definition) is 6. The molecule has 1 atom stereocenters. The number of amides is 1. The van der Waals surface area contributed by atoms with Crippen LogP contribution in [-0.2, 0) is 24.2 Å². The Morgan fingerprint density at radius 1 is 1.03 bits per heavy atom. The van der Waals surface area contributed by atoms with Crippen LogP contribution < -0.4 is 10.6 Å². The Hall–Kier alpha value is -3.85. The SMILES string of the molecule is CN[C@@H]1CCc2c(-c3cc4cc(Nc5cc6n(n5)CC(=O)N(C)CC6)ncc4cc3F)cncc21. The number of pyridine rings is 2. The third kappa shape index (κ3) is 3.81. The summed E-state index contributed by atoms with van der Waals surface area (Å²) >= 11 is 0. The molecule has 178 valence electrons. The molecule has 0 spiro atoms. The monoisotopic (exact) mass is 471 g/mol. The summed E-state index contributed by atoms with van der Waals surface area (Å²) in [5, 5.41) is 12.7. The average molecular weight is 472 g/mol. The van der Waals surface area contributed by atoms with E-state index in [1.807, 2.05) is 38.5 Å². The van der Waals surface area contributed by atoms with Gasteiger partial charge in [-0.1, -0.05) is 0 Å². The standard InChI is InChI=1S/C26H26FN7O/c1-28-23-4-3-18-20(12-29-13-21(18)23)19-7-15-9-24(30-11-16(15)8-22(19)27)31-25-10-17-5-6-33(2)26(35)14-34(17)32-25/h7-13,23,28H,3-6,14H2,1-2H3,(H,30,31,32)/t23-/m1/s1. The first-order valence-corrected chi connectivity index (χ1v) is 11.8. The lowest BCUT2D eigenvalue weighted by Crippen LogP contribution is -2.29. The van der Waals surface area contributed by atoms with Gasteiger partial charge in [0.15, 0.2) is 5.82 Å². The molecule has 4 aromatic rings. The minimum Gasteiger partial charge on any atom is -0.344 e. The van der Waals surface area contributed by atoms with Crippen molar-refractivity contribution < 1.29 is 9.18 Å². The van der Waals surface area contributed by atoms with Crippen LogP contribution in [0.5, 0.6) is 0 Å². The van der Waals surface area contributed by atoms with Gasteiger partial charge in [0.2, 0.25) is 5.91 Å². The molecule has 4 heterocycles. The molecule has 1 aliphatic carbocycles. The molecule has 2 N–H and O–H groups in total. The number of carbonyl (C=O) groups is 1. The zero-order valence-electron chi connectivity index (χ0n) is 19.7. The van der Waals surface area contributed by atoms with E-state index in [-0.39, 0.29) is 24.3 Å². The quantitative estimate of drug-likeness (QED) is 0.473. The molecule has 0 fully saturated rings. The number of anilines is 2. The zero-order chi connectivity index (χ0) is 24.1. The van der Waals surface area contributed by atoms with Gasteiger partial charge in [0.1, 0.15) is 18.2 Å². The lowest BCUT2D eigenvalue weighted by Gasteiger charge is -2.13. The maximum atomic E-state index is 15.2. The molecule has 1 amide bonds. The van der Waals surface area contributed by atoms with Crippen molar-refractivity contribution in [2.45, 2.75) is 31.8 Å². The van der Waals surface area contributed by atoms with Crippen LogP contribution in [0.2, 0.25) is 0 Å². The fourth-order valence-electron chi connectivity index (χ4n) is 5.14. The number of carbonyl (C=O) groups excluding carboxylic acids is 1. The molecule has 2 aliphatic rings. The minimum absolute atomic E-state index is 0.0414. The van der Waals surface area contributed by atoms with E-state index in [4.69, 9.17) is 0 Å². The molecule has 1 aromatic carbocycles. The van der Waals surface area contributed by atoms with Crippen molar-refractivity contribution >= 4 is 28.3 Å². The van der Waals surface area contributed by atoms with Gasteiger partial charge in [0.05, 0.1) is 0 Å². The Balaban J connectivity index is 1.33. The van der Waals surface area contributed by atoms with E-state index in [0.29, 0.717) is 23.7 Å². The van der Waals surface area contributed by atoms with E-state index < -0.39 is 0 Å². The van der Waals surface area contributed by atoms with Crippen molar-refractivity contribution in [1.82, 2.24) is 30.0 Å². The fourth-order valence-corrected chi connectivity index (χ4v) is 5.14. The van der Waals surface area contributed by atoms with Crippen molar-refractivity contribution in [2.24, 2.45) is 0 Å². The maximum absolute atomic E-state index is 15.2. The lowest BCUT2D eigenvalue weighted by molar-refractivity contribution is -0.130. The lowest BCUT2D eigenvalue weighted by atomic mass is 9.97. The molecule has 0 unspecified atom stereocenters. The van der Waals surface area contributed by atoms with E-state index >= 15 is 4.39 Å². The second-order valence-electron chi connectivity index (χ2n) is 9.25. The normalized spacial score (nSPS) is 17.4. The molecule has 8 nitrogen and oxygen atoms in total. The van der Waals surface area contributed by atoms with Crippen LogP contribution in [0.3, 0.4) is 0 Å². The number of fused-ring (bicyclic) bond motifs is 3. The Morgan fingerprint density at radius 3 is 2.77 bits per heavy atom. The summed E-state index contributed by atoms with van der Waals surface area (Å²) in [6.07, 6.45) is 7.93. The van der Waals surface area contributed by atoms with Crippen LogP contribution in [-0.4, -0.2) is 51.2 Å². The molecular formula is C26H26FN7O.